The molecule has 2 aliphatic rings. The molecule has 6 nitrogen and oxygen atoms in total. The van der Waals surface area contributed by atoms with Crippen molar-refractivity contribution in [1.82, 2.24) is 28.7 Å². The van der Waals surface area contributed by atoms with E-state index >= 15 is 0 Å². The molecule has 14 aromatic rings. The fourth-order valence-electron chi connectivity index (χ4n) is 12.4. The van der Waals surface area contributed by atoms with Crippen molar-refractivity contribution in [2.45, 2.75) is 15.2 Å². The number of benzene rings is 8. The number of pyridine rings is 3. The summed E-state index contributed by atoms with van der Waals surface area (Å²) >= 11 is 1.86. The van der Waals surface area contributed by atoms with Crippen molar-refractivity contribution in [2.75, 3.05) is 0 Å². The van der Waals surface area contributed by atoms with Crippen LogP contribution in [0, 0.1) is 0 Å². The number of nitrogens with zero attached hydrogens (tertiary/aromatic N) is 6. The van der Waals surface area contributed by atoms with Gasteiger partial charge in [-0.2, -0.15) is 0 Å². The standard InChI is InChI=1S/C64H38N6S/c1-6-20-53-43(13-1)44-14-2-7-21-54(44)68(53)41-27-31-60-52(37-41)64(49-18-11-33-65-62(49)63-50(64)19-12-34-66-63)51-36-40(26-30-59(51)71-60)39-25-29-58-48(35-39)47-17-5-8-22-55(47)69(58)42-28-32-61(67-38-42)70-56-23-9-3-15-45(56)46-16-4-10-24-57(46)70/h1-38H. The minimum Gasteiger partial charge on any atom is -0.309 e. The second-order valence-corrected chi connectivity index (χ2v) is 19.8. The highest BCUT2D eigenvalue weighted by molar-refractivity contribution is 7.99. The van der Waals surface area contributed by atoms with Crippen molar-refractivity contribution in [3.05, 3.63) is 253 Å². The van der Waals surface area contributed by atoms with E-state index in [9.17, 15) is 0 Å². The summed E-state index contributed by atoms with van der Waals surface area (Å²) < 4.78 is 7.06. The Hall–Kier alpha value is -9.04. The van der Waals surface area contributed by atoms with Crippen molar-refractivity contribution >= 4 is 77.2 Å². The minimum absolute atomic E-state index is 0.674. The first-order valence-corrected chi connectivity index (χ1v) is 24.9. The highest BCUT2D eigenvalue weighted by Crippen LogP contribution is 2.62. The average molecular weight is 923 g/mol. The maximum atomic E-state index is 5.16. The van der Waals surface area contributed by atoms with E-state index in [0.29, 0.717) is 0 Å². The van der Waals surface area contributed by atoms with Gasteiger partial charge in [-0.15, -0.1) is 0 Å². The summed E-state index contributed by atoms with van der Waals surface area (Å²) in [6.07, 6.45) is 5.83. The van der Waals surface area contributed by atoms with Crippen LogP contribution in [0.25, 0.3) is 105 Å². The first-order chi connectivity index (χ1) is 35.2. The summed E-state index contributed by atoms with van der Waals surface area (Å²) in [5, 5.41) is 7.33. The van der Waals surface area contributed by atoms with E-state index in [1.54, 1.807) is 0 Å². The molecule has 0 saturated heterocycles. The fourth-order valence-corrected chi connectivity index (χ4v) is 13.5. The molecule has 330 valence electrons. The first kappa shape index (κ1) is 38.9. The normalized spacial score (nSPS) is 13.4. The fraction of sp³-hybridized carbons (Fsp3) is 0.0156. The summed E-state index contributed by atoms with van der Waals surface area (Å²) in [4.78, 5) is 17.8. The highest BCUT2D eigenvalue weighted by Gasteiger charge is 2.52. The second kappa shape index (κ2) is 14.5. The van der Waals surface area contributed by atoms with Crippen LogP contribution in [-0.2, 0) is 5.41 Å². The summed E-state index contributed by atoms with van der Waals surface area (Å²) in [6, 6.07) is 77.6. The lowest BCUT2D eigenvalue weighted by Gasteiger charge is -2.39. The van der Waals surface area contributed by atoms with Gasteiger partial charge >= 0.3 is 0 Å². The third kappa shape index (κ3) is 5.25. The summed E-state index contributed by atoms with van der Waals surface area (Å²) in [5.41, 5.74) is 17.4. The third-order valence-corrected chi connectivity index (χ3v) is 16.4. The molecular weight excluding hydrogens is 885 g/mol. The summed E-state index contributed by atoms with van der Waals surface area (Å²) in [6.45, 7) is 0. The van der Waals surface area contributed by atoms with Gasteiger partial charge in [0.2, 0.25) is 0 Å². The Morgan fingerprint density at radius 1 is 0.324 bits per heavy atom. The molecule has 0 amide bonds. The molecule has 7 heterocycles. The molecule has 71 heavy (non-hydrogen) atoms. The van der Waals surface area contributed by atoms with Crippen LogP contribution >= 0.6 is 11.8 Å². The Kier molecular flexibility index (Phi) is 7.94. The maximum Gasteiger partial charge on any atom is 0.137 e. The van der Waals surface area contributed by atoms with Gasteiger partial charge in [-0.25, -0.2) is 4.98 Å². The van der Waals surface area contributed by atoms with Crippen molar-refractivity contribution in [2.24, 2.45) is 0 Å². The van der Waals surface area contributed by atoms with Gasteiger partial charge in [0.1, 0.15) is 5.82 Å². The van der Waals surface area contributed by atoms with Gasteiger partial charge in [0, 0.05) is 60.2 Å². The van der Waals surface area contributed by atoms with E-state index < -0.39 is 5.41 Å². The van der Waals surface area contributed by atoms with Gasteiger partial charge in [-0.05, 0) is 130 Å². The van der Waals surface area contributed by atoms with Gasteiger partial charge in [0.25, 0.3) is 0 Å². The summed E-state index contributed by atoms with van der Waals surface area (Å²) in [5.74, 6) is 0.891. The van der Waals surface area contributed by atoms with Crippen LogP contribution in [-0.4, -0.2) is 28.7 Å². The second-order valence-electron chi connectivity index (χ2n) is 18.7. The number of hydrogen-bond acceptors (Lipinski definition) is 4. The lowest BCUT2D eigenvalue weighted by Crippen LogP contribution is -2.32. The van der Waals surface area contributed by atoms with Crippen LogP contribution < -0.4 is 0 Å². The molecule has 16 rings (SSSR count). The number of rotatable bonds is 4. The molecule has 7 heteroatoms. The molecule has 0 N–H and O–H groups in total. The molecule has 0 radical (unpaired) electrons. The zero-order valence-electron chi connectivity index (χ0n) is 38.0. The van der Waals surface area contributed by atoms with Crippen LogP contribution in [0.15, 0.2) is 241 Å². The molecule has 1 spiro atoms. The Morgan fingerprint density at radius 3 is 1.34 bits per heavy atom. The van der Waals surface area contributed by atoms with Crippen molar-refractivity contribution < 1.29 is 0 Å². The van der Waals surface area contributed by atoms with Crippen molar-refractivity contribution in [3.8, 4) is 39.7 Å². The van der Waals surface area contributed by atoms with Crippen molar-refractivity contribution in [1.29, 1.82) is 0 Å². The lowest BCUT2D eigenvalue weighted by atomic mass is 9.67. The van der Waals surface area contributed by atoms with E-state index in [2.05, 4.69) is 226 Å². The number of fused-ring (bicyclic) bond motifs is 18. The van der Waals surface area contributed by atoms with E-state index in [-0.39, 0.29) is 0 Å². The quantitative estimate of drug-likeness (QED) is 0.176. The molecule has 1 aliphatic carbocycles. The van der Waals surface area contributed by atoms with Gasteiger partial charge in [0.15, 0.2) is 0 Å². The molecule has 0 unspecified atom stereocenters. The average Bonchev–Trinajstić information content (AvgIpc) is 4.15. The van der Waals surface area contributed by atoms with Crippen LogP contribution in [0.4, 0.5) is 0 Å². The lowest BCUT2D eigenvalue weighted by molar-refractivity contribution is 0.718. The predicted octanol–water partition coefficient (Wildman–Crippen LogP) is 15.7. The topological polar surface area (TPSA) is 53.5 Å². The van der Waals surface area contributed by atoms with Crippen LogP contribution in [0.2, 0.25) is 0 Å². The van der Waals surface area contributed by atoms with Crippen LogP contribution in [0.1, 0.15) is 22.3 Å². The smallest absolute Gasteiger partial charge is 0.137 e. The van der Waals surface area contributed by atoms with Crippen LogP contribution in [0.5, 0.6) is 0 Å². The molecule has 0 bridgehead atoms. The Bertz CT molecular complexity index is 4420. The van der Waals surface area contributed by atoms with E-state index in [1.165, 1.54) is 64.3 Å². The van der Waals surface area contributed by atoms with E-state index in [4.69, 9.17) is 15.0 Å². The molecule has 6 aromatic heterocycles. The van der Waals surface area contributed by atoms with E-state index in [0.717, 1.165) is 72.9 Å². The third-order valence-electron chi connectivity index (χ3n) is 15.3. The SMILES string of the molecule is c1cnc2c(c1)C1(c3cc(-c4ccc5c(c4)c4ccccc4n5-c4ccc(-n5c6ccccc6c6ccccc65)nc4)ccc3Sc3ccc(-n4c5ccccc5c5ccccc54)cc31)c1cccnc1-2. The monoisotopic (exact) mass is 922 g/mol. The first-order valence-electron chi connectivity index (χ1n) is 24.1. The maximum absolute atomic E-state index is 5.16. The summed E-state index contributed by atoms with van der Waals surface area (Å²) in [7, 11) is 0. The molecular formula is C64H38N6S. The Balaban J connectivity index is 0.872. The predicted molar refractivity (Wildman–Crippen MR) is 290 cm³/mol. The van der Waals surface area contributed by atoms with Crippen molar-refractivity contribution in [3.63, 3.8) is 0 Å². The molecule has 0 atom stereocenters. The number of aromatic nitrogens is 6. The zero-order valence-corrected chi connectivity index (χ0v) is 38.8. The highest BCUT2D eigenvalue weighted by atomic mass is 32.2. The Labute approximate surface area is 411 Å². The largest absolute Gasteiger partial charge is 0.309 e. The number of para-hydroxylation sites is 5. The molecule has 0 fully saturated rings. The van der Waals surface area contributed by atoms with Gasteiger partial charge in [-0.3, -0.25) is 14.5 Å². The molecule has 8 aromatic carbocycles. The van der Waals surface area contributed by atoms with Gasteiger partial charge < -0.3 is 9.13 Å². The van der Waals surface area contributed by atoms with E-state index in [1.807, 2.05) is 30.4 Å². The Morgan fingerprint density at radius 2 is 0.775 bits per heavy atom. The van der Waals surface area contributed by atoms with Crippen LogP contribution in [0.3, 0.4) is 0 Å². The number of hydrogen-bond donors (Lipinski definition) is 0. The molecule has 1 aliphatic heterocycles. The molecule has 0 saturated carbocycles. The zero-order chi connectivity index (χ0) is 46.4. The van der Waals surface area contributed by atoms with Gasteiger partial charge in [0.05, 0.1) is 61.8 Å². The minimum atomic E-state index is -0.674. The van der Waals surface area contributed by atoms with Gasteiger partial charge in [-0.1, -0.05) is 127 Å².